The Labute approximate surface area is 202 Å². The van der Waals surface area contributed by atoms with Gasteiger partial charge in [0.1, 0.15) is 17.9 Å². The van der Waals surface area contributed by atoms with Crippen LogP contribution in [0.2, 0.25) is 0 Å². The number of carbonyl (C=O) groups excluding carboxylic acids is 3. The number of fused-ring (bicyclic) bond motifs is 2. The second-order valence-electron chi connectivity index (χ2n) is 8.51. The monoisotopic (exact) mass is 471 g/mol. The Kier molecular flexibility index (Phi) is 7.06. The average molecular weight is 472 g/mol. The van der Waals surface area contributed by atoms with E-state index in [0.717, 1.165) is 27.1 Å². The van der Waals surface area contributed by atoms with Crippen LogP contribution >= 0.6 is 0 Å². The molecule has 4 rings (SSSR count). The van der Waals surface area contributed by atoms with Gasteiger partial charge in [-0.1, -0.05) is 66.7 Å². The number of halogens is 1. The van der Waals surface area contributed by atoms with Gasteiger partial charge in [-0.05, 0) is 44.8 Å². The van der Waals surface area contributed by atoms with E-state index in [0.29, 0.717) is 0 Å². The molecule has 35 heavy (non-hydrogen) atoms. The van der Waals surface area contributed by atoms with Crippen LogP contribution in [0.25, 0.3) is 21.5 Å². The summed E-state index contributed by atoms with van der Waals surface area (Å²) in [4.78, 5) is 37.4. The molecule has 6 nitrogen and oxygen atoms in total. The molecule has 2 atom stereocenters. The Morgan fingerprint density at radius 1 is 0.800 bits per heavy atom. The van der Waals surface area contributed by atoms with E-state index in [4.69, 9.17) is 5.73 Å². The number of nitrogens with one attached hydrogen (secondary N) is 2. The Hall–Kier alpha value is -4.26. The molecule has 178 valence electrons. The minimum Gasteiger partial charge on any atom is -0.368 e. The van der Waals surface area contributed by atoms with E-state index in [1.54, 1.807) is 18.2 Å². The second kappa shape index (κ2) is 10.3. The Morgan fingerprint density at radius 3 is 1.94 bits per heavy atom. The summed E-state index contributed by atoms with van der Waals surface area (Å²) in [6.45, 7) is 1.27. The number of amides is 3. The van der Waals surface area contributed by atoms with Gasteiger partial charge in [-0.15, -0.1) is 0 Å². The van der Waals surface area contributed by atoms with Crippen LogP contribution in [0.15, 0.2) is 78.9 Å². The molecule has 0 aromatic heterocycles. The average Bonchev–Trinajstić information content (AvgIpc) is 2.83. The van der Waals surface area contributed by atoms with E-state index < -0.39 is 35.6 Å². The quantitative estimate of drug-likeness (QED) is 0.343. The lowest BCUT2D eigenvalue weighted by molar-refractivity contribution is -0.130. The van der Waals surface area contributed by atoms with E-state index in [2.05, 4.69) is 16.7 Å². The molecule has 7 heteroatoms. The predicted molar refractivity (Wildman–Crippen MR) is 134 cm³/mol. The summed E-state index contributed by atoms with van der Waals surface area (Å²) in [6.07, 6.45) is 0.0934. The third-order valence-corrected chi connectivity index (χ3v) is 6.03. The lowest BCUT2D eigenvalue weighted by atomic mass is 9.92. The van der Waals surface area contributed by atoms with Gasteiger partial charge in [-0.2, -0.15) is 0 Å². The normalized spacial score (nSPS) is 12.7. The fourth-order valence-corrected chi connectivity index (χ4v) is 4.37. The van der Waals surface area contributed by atoms with Crippen LogP contribution in [-0.4, -0.2) is 29.8 Å². The van der Waals surface area contributed by atoms with Crippen LogP contribution in [0.4, 0.5) is 4.39 Å². The zero-order chi connectivity index (χ0) is 24.9. The molecule has 0 bridgehead atoms. The zero-order valence-corrected chi connectivity index (χ0v) is 19.3. The summed E-state index contributed by atoms with van der Waals surface area (Å²) >= 11 is 0. The molecule has 0 aliphatic heterocycles. The topological polar surface area (TPSA) is 101 Å². The fraction of sp³-hybridized carbons (Fsp3) is 0.179. The van der Waals surface area contributed by atoms with Crippen LogP contribution in [0.3, 0.4) is 0 Å². The van der Waals surface area contributed by atoms with E-state index >= 15 is 0 Å². The van der Waals surface area contributed by atoms with E-state index in [1.807, 2.05) is 48.5 Å². The largest absolute Gasteiger partial charge is 0.368 e. The summed E-state index contributed by atoms with van der Waals surface area (Å²) in [5, 5.41) is 9.16. The van der Waals surface area contributed by atoms with Crippen molar-refractivity contribution in [3.63, 3.8) is 0 Å². The van der Waals surface area contributed by atoms with Crippen molar-refractivity contribution >= 4 is 39.3 Å². The van der Waals surface area contributed by atoms with Crippen LogP contribution in [0, 0.1) is 5.82 Å². The number of hydrogen-bond donors (Lipinski definition) is 3. The number of carbonyl (C=O) groups is 3. The van der Waals surface area contributed by atoms with Crippen molar-refractivity contribution in [2.24, 2.45) is 5.73 Å². The Bertz CT molecular complexity index is 1370. The highest BCUT2D eigenvalue weighted by molar-refractivity contribution is 6.03. The molecule has 0 unspecified atom stereocenters. The molecule has 0 aliphatic carbocycles. The van der Waals surface area contributed by atoms with Gasteiger partial charge >= 0.3 is 0 Å². The van der Waals surface area contributed by atoms with Crippen molar-refractivity contribution in [1.29, 1.82) is 0 Å². The molecule has 0 radical (unpaired) electrons. The van der Waals surface area contributed by atoms with Crippen molar-refractivity contribution in [3.05, 3.63) is 95.8 Å². The molecule has 4 aromatic rings. The number of nitrogens with two attached hydrogens (primary N) is 1. The lowest BCUT2D eigenvalue weighted by Crippen LogP contribution is -2.54. The first-order valence-electron chi connectivity index (χ1n) is 11.3. The molecule has 4 aromatic carbocycles. The summed E-state index contributed by atoms with van der Waals surface area (Å²) in [5.74, 6) is -2.25. The van der Waals surface area contributed by atoms with Crippen LogP contribution in [-0.2, 0) is 27.2 Å². The third-order valence-electron chi connectivity index (χ3n) is 6.03. The van der Waals surface area contributed by atoms with Crippen molar-refractivity contribution in [1.82, 2.24) is 10.6 Å². The molecule has 0 fully saturated rings. The predicted octanol–water partition coefficient (Wildman–Crippen LogP) is 3.39. The maximum atomic E-state index is 14.2. The minimum atomic E-state index is -1.07. The van der Waals surface area contributed by atoms with Crippen molar-refractivity contribution in [2.75, 3.05) is 0 Å². The van der Waals surface area contributed by atoms with Gasteiger partial charge in [0, 0.05) is 19.8 Å². The molecular weight excluding hydrogens is 445 g/mol. The SMILES string of the molecule is CC(=O)N[C@@H](Cc1ccccc1F)C(=O)N[C@H](Cc1c2ccccc2cc2ccccc12)C(N)=O. The van der Waals surface area contributed by atoms with Crippen LogP contribution in [0.5, 0.6) is 0 Å². The zero-order valence-electron chi connectivity index (χ0n) is 19.3. The van der Waals surface area contributed by atoms with Gasteiger partial charge in [0.15, 0.2) is 0 Å². The summed E-state index contributed by atoms with van der Waals surface area (Å²) in [7, 11) is 0. The molecule has 4 N–H and O–H groups in total. The Morgan fingerprint density at radius 2 is 1.37 bits per heavy atom. The van der Waals surface area contributed by atoms with Gasteiger partial charge in [-0.25, -0.2) is 4.39 Å². The minimum absolute atomic E-state index is 0.0687. The van der Waals surface area contributed by atoms with Crippen molar-refractivity contribution in [3.8, 4) is 0 Å². The lowest BCUT2D eigenvalue weighted by Gasteiger charge is -2.23. The highest BCUT2D eigenvalue weighted by Gasteiger charge is 2.27. The standard InChI is InChI=1S/C28H26FN3O3/c1-17(33)31-26(15-20-10-4-7-13-24(20)29)28(35)32-25(27(30)34)16-23-21-11-5-2-8-18(21)14-19-9-3-6-12-22(19)23/h2-14,25-26H,15-16H2,1H3,(H2,30,34)(H,31,33)(H,32,35)/t25-,26+/m1/s1. The number of primary amides is 1. The number of rotatable bonds is 8. The fourth-order valence-electron chi connectivity index (χ4n) is 4.37. The number of benzene rings is 4. The van der Waals surface area contributed by atoms with Gasteiger partial charge in [-0.3, -0.25) is 14.4 Å². The van der Waals surface area contributed by atoms with Crippen molar-refractivity contribution in [2.45, 2.75) is 31.8 Å². The molecule has 0 aliphatic rings. The van der Waals surface area contributed by atoms with Gasteiger partial charge < -0.3 is 16.4 Å². The molecule has 0 saturated heterocycles. The highest BCUT2D eigenvalue weighted by Crippen LogP contribution is 2.29. The molecule has 0 saturated carbocycles. The summed E-state index contributed by atoms with van der Waals surface area (Å²) in [6, 6.07) is 21.6. The molecule has 0 heterocycles. The summed E-state index contributed by atoms with van der Waals surface area (Å²) in [5.41, 5.74) is 6.86. The molecular formula is C28H26FN3O3. The summed E-state index contributed by atoms with van der Waals surface area (Å²) < 4.78 is 14.2. The third kappa shape index (κ3) is 5.46. The molecule has 3 amide bonds. The van der Waals surface area contributed by atoms with E-state index in [1.165, 1.54) is 13.0 Å². The Balaban J connectivity index is 1.65. The van der Waals surface area contributed by atoms with Crippen LogP contribution < -0.4 is 16.4 Å². The number of hydrogen-bond acceptors (Lipinski definition) is 3. The smallest absolute Gasteiger partial charge is 0.243 e. The first kappa shape index (κ1) is 23.9. The highest BCUT2D eigenvalue weighted by atomic mass is 19.1. The maximum Gasteiger partial charge on any atom is 0.243 e. The first-order valence-corrected chi connectivity index (χ1v) is 11.3. The van der Waals surface area contributed by atoms with Gasteiger partial charge in [0.25, 0.3) is 0 Å². The van der Waals surface area contributed by atoms with E-state index in [-0.39, 0.29) is 18.4 Å². The van der Waals surface area contributed by atoms with Crippen molar-refractivity contribution < 1.29 is 18.8 Å². The molecule has 0 spiro atoms. The van der Waals surface area contributed by atoms with Gasteiger partial charge in [0.2, 0.25) is 17.7 Å². The van der Waals surface area contributed by atoms with Crippen LogP contribution in [0.1, 0.15) is 18.1 Å². The maximum absolute atomic E-state index is 14.2. The second-order valence-corrected chi connectivity index (χ2v) is 8.51. The van der Waals surface area contributed by atoms with Gasteiger partial charge in [0.05, 0.1) is 0 Å². The first-order chi connectivity index (χ1) is 16.8. The van der Waals surface area contributed by atoms with E-state index in [9.17, 15) is 18.8 Å².